The molecule has 0 aromatic carbocycles. The molecule has 128 valence electrons. The molecule has 5 heteroatoms. The quantitative estimate of drug-likeness (QED) is 0.381. The molecule has 0 amide bonds. The van der Waals surface area contributed by atoms with Gasteiger partial charge in [0.2, 0.25) is 0 Å². The maximum atomic E-state index is 10.1. The molecule has 5 nitrogen and oxygen atoms in total. The molecule has 2 aliphatic rings. The first kappa shape index (κ1) is 17.5. The van der Waals surface area contributed by atoms with Crippen molar-refractivity contribution >= 4 is 5.96 Å². The van der Waals surface area contributed by atoms with Gasteiger partial charge in [-0.25, -0.2) is 0 Å². The SMILES string of the molecule is CCNC(=NCC1(O)CCC1)NCCCN1CCCCCC1. The van der Waals surface area contributed by atoms with Crippen LogP contribution in [0.5, 0.6) is 0 Å². The Kier molecular flexibility index (Phi) is 7.46. The Bertz CT molecular complexity index is 334. The highest BCUT2D eigenvalue weighted by Crippen LogP contribution is 2.31. The predicted molar refractivity (Wildman–Crippen MR) is 92.3 cm³/mol. The molecule has 1 aliphatic carbocycles. The van der Waals surface area contributed by atoms with Crippen LogP contribution in [-0.4, -0.2) is 60.8 Å². The van der Waals surface area contributed by atoms with Crippen molar-refractivity contribution in [3.05, 3.63) is 0 Å². The Morgan fingerprint density at radius 3 is 2.41 bits per heavy atom. The highest BCUT2D eigenvalue weighted by molar-refractivity contribution is 5.79. The van der Waals surface area contributed by atoms with Crippen LogP contribution >= 0.6 is 0 Å². The van der Waals surface area contributed by atoms with E-state index in [0.717, 1.165) is 44.7 Å². The summed E-state index contributed by atoms with van der Waals surface area (Å²) in [5.41, 5.74) is -0.533. The third-order valence-electron chi connectivity index (χ3n) is 4.80. The van der Waals surface area contributed by atoms with Crippen LogP contribution in [0, 0.1) is 0 Å². The van der Waals surface area contributed by atoms with Gasteiger partial charge in [0.15, 0.2) is 5.96 Å². The average Bonchev–Trinajstić information content (AvgIpc) is 2.75. The summed E-state index contributed by atoms with van der Waals surface area (Å²) in [4.78, 5) is 7.13. The molecule has 0 radical (unpaired) electrons. The van der Waals surface area contributed by atoms with Crippen LogP contribution in [0.4, 0.5) is 0 Å². The van der Waals surface area contributed by atoms with Gasteiger partial charge in [-0.05, 0) is 65.1 Å². The van der Waals surface area contributed by atoms with Gasteiger partial charge in [-0.2, -0.15) is 0 Å². The van der Waals surface area contributed by atoms with Gasteiger partial charge in [0.1, 0.15) is 0 Å². The molecule has 0 aromatic rings. The molecule has 3 N–H and O–H groups in total. The normalized spacial score (nSPS) is 22.7. The number of nitrogens with one attached hydrogen (secondary N) is 2. The van der Waals surface area contributed by atoms with E-state index >= 15 is 0 Å². The lowest BCUT2D eigenvalue weighted by Crippen LogP contribution is -2.43. The van der Waals surface area contributed by atoms with Crippen molar-refractivity contribution in [2.75, 3.05) is 39.3 Å². The lowest BCUT2D eigenvalue weighted by molar-refractivity contribution is -0.0236. The fourth-order valence-corrected chi connectivity index (χ4v) is 3.18. The summed E-state index contributed by atoms with van der Waals surface area (Å²) < 4.78 is 0. The van der Waals surface area contributed by atoms with Crippen molar-refractivity contribution in [3.8, 4) is 0 Å². The zero-order valence-electron chi connectivity index (χ0n) is 14.2. The molecule has 0 aromatic heterocycles. The molecule has 1 saturated heterocycles. The van der Waals surface area contributed by atoms with Crippen molar-refractivity contribution in [2.24, 2.45) is 4.99 Å². The highest BCUT2D eigenvalue weighted by atomic mass is 16.3. The maximum Gasteiger partial charge on any atom is 0.191 e. The Balaban J connectivity index is 1.64. The van der Waals surface area contributed by atoms with Gasteiger partial charge in [-0.15, -0.1) is 0 Å². The topological polar surface area (TPSA) is 59.9 Å². The monoisotopic (exact) mass is 310 g/mol. The number of rotatable bonds is 7. The standard InChI is InChI=1S/C17H34N4O/c1-2-18-16(20-15-17(22)9-7-10-17)19-11-8-14-21-12-5-3-4-6-13-21/h22H,2-15H2,1H3,(H2,18,19,20). The predicted octanol–water partition coefficient (Wildman–Crippen LogP) is 1.72. The number of guanidine groups is 1. The van der Waals surface area contributed by atoms with Gasteiger partial charge in [-0.1, -0.05) is 12.8 Å². The Morgan fingerprint density at radius 1 is 1.09 bits per heavy atom. The molecular weight excluding hydrogens is 276 g/mol. The summed E-state index contributed by atoms with van der Waals surface area (Å²) in [5, 5.41) is 16.8. The summed E-state index contributed by atoms with van der Waals surface area (Å²) in [6.45, 7) is 8.11. The highest BCUT2D eigenvalue weighted by Gasteiger charge is 2.34. The fraction of sp³-hybridized carbons (Fsp3) is 0.941. The lowest BCUT2D eigenvalue weighted by Gasteiger charge is -2.35. The van der Waals surface area contributed by atoms with Gasteiger partial charge < -0.3 is 20.6 Å². The number of nitrogens with zero attached hydrogens (tertiary/aromatic N) is 2. The second-order valence-corrected chi connectivity index (χ2v) is 6.81. The number of aliphatic imine (C=N–C) groups is 1. The summed E-state index contributed by atoms with van der Waals surface area (Å²) in [7, 11) is 0. The molecule has 0 bridgehead atoms. The second kappa shape index (κ2) is 9.36. The van der Waals surface area contributed by atoms with E-state index in [2.05, 4.69) is 27.4 Å². The van der Waals surface area contributed by atoms with E-state index in [1.807, 2.05) is 0 Å². The zero-order chi connectivity index (χ0) is 15.7. The number of likely N-dealkylation sites (tertiary alicyclic amines) is 1. The molecule has 2 fully saturated rings. The van der Waals surface area contributed by atoms with Crippen molar-refractivity contribution in [1.82, 2.24) is 15.5 Å². The molecular formula is C17H34N4O. The van der Waals surface area contributed by atoms with Crippen LogP contribution in [0.2, 0.25) is 0 Å². The molecule has 1 saturated carbocycles. The van der Waals surface area contributed by atoms with Gasteiger partial charge in [0.25, 0.3) is 0 Å². The van der Waals surface area contributed by atoms with Crippen molar-refractivity contribution in [1.29, 1.82) is 0 Å². The van der Waals surface area contributed by atoms with Gasteiger partial charge in [0.05, 0.1) is 12.1 Å². The van der Waals surface area contributed by atoms with Crippen LogP contribution in [0.15, 0.2) is 4.99 Å². The van der Waals surface area contributed by atoms with E-state index in [1.165, 1.54) is 45.3 Å². The van der Waals surface area contributed by atoms with E-state index in [4.69, 9.17) is 0 Å². The number of aliphatic hydroxyl groups is 1. The van der Waals surface area contributed by atoms with Crippen LogP contribution in [0.3, 0.4) is 0 Å². The molecule has 1 aliphatic heterocycles. The van der Waals surface area contributed by atoms with Crippen LogP contribution in [-0.2, 0) is 0 Å². The zero-order valence-corrected chi connectivity index (χ0v) is 14.2. The van der Waals surface area contributed by atoms with Gasteiger partial charge in [0, 0.05) is 13.1 Å². The van der Waals surface area contributed by atoms with Gasteiger partial charge >= 0.3 is 0 Å². The minimum atomic E-state index is -0.533. The first-order chi connectivity index (χ1) is 10.7. The van der Waals surface area contributed by atoms with Crippen molar-refractivity contribution < 1.29 is 5.11 Å². The minimum Gasteiger partial charge on any atom is -0.388 e. The van der Waals surface area contributed by atoms with Crippen molar-refractivity contribution in [2.45, 2.75) is 63.9 Å². The smallest absolute Gasteiger partial charge is 0.191 e. The Hall–Kier alpha value is -0.810. The molecule has 22 heavy (non-hydrogen) atoms. The largest absolute Gasteiger partial charge is 0.388 e. The number of hydrogen-bond acceptors (Lipinski definition) is 3. The summed E-state index contributed by atoms with van der Waals surface area (Å²) in [5.74, 6) is 0.846. The second-order valence-electron chi connectivity index (χ2n) is 6.81. The number of hydrogen-bond donors (Lipinski definition) is 3. The first-order valence-corrected chi connectivity index (χ1v) is 9.19. The summed E-state index contributed by atoms with van der Waals surface area (Å²) in [6.07, 6.45) is 9.58. The third-order valence-corrected chi connectivity index (χ3v) is 4.80. The van der Waals surface area contributed by atoms with E-state index < -0.39 is 5.60 Å². The Labute approximate surface area is 135 Å². The molecule has 1 heterocycles. The first-order valence-electron chi connectivity index (χ1n) is 9.19. The molecule has 0 unspecified atom stereocenters. The third kappa shape index (κ3) is 6.13. The average molecular weight is 310 g/mol. The molecule has 2 rings (SSSR count). The van der Waals surface area contributed by atoms with E-state index in [1.54, 1.807) is 0 Å². The molecule has 0 atom stereocenters. The maximum absolute atomic E-state index is 10.1. The summed E-state index contributed by atoms with van der Waals surface area (Å²) >= 11 is 0. The van der Waals surface area contributed by atoms with Crippen molar-refractivity contribution in [3.63, 3.8) is 0 Å². The Morgan fingerprint density at radius 2 is 1.82 bits per heavy atom. The molecule has 0 spiro atoms. The van der Waals surface area contributed by atoms with Crippen LogP contribution in [0.25, 0.3) is 0 Å². The van der Waals surface area contributed by atoms with E-state index in [9.17, 15) is 5.11 Å². The minimum absolute atomic E-state index is 0.522. The lowest BCUT2D eigenvalue weighted by atomic mass is 9.80. The fourth-order valence-electron chi connectivity index (χ4n) is 3.18. The van der Waals surface area contributed by atoms with E-state index in [-0.39, 0.29) is 0 Å². The van der Waals surface area contributed by atoms with Crippen LogP contribution in [0.1, 0.15) is 58.3 Å². The van der Waals surface area contributed by atoms with Gasteiger partial charge in [-0.3, -0.25) is 4.99 Å². The summed E-state index contributed by atoms with van der Waals surface area (Å²) in [6, 6.07) is 0. The van der Waals surface area contributed by atoms with E-state index in [0.29, 0.717) is 6.54 Å². The van der Waals surface area contributed by atoms with Crippen LogP contribution < -0.4 is 10.6 Å².